The lowest BCUT2D eigenvalue weighted by Crippen LogP contribution is -2.43. The smallest absolute Gasteiger partial charge is 0.257 e. The molecule has 4 heterocycles. The largest absolute Gasteiger partial charge is 0.368 e. The highest BCUT2D eigenvalue weighted by atomic mass is 35.5. The van der Waals surface area contributed by atoms with Gasteiger partial charge in [-0.05, 0) is 18.9 Å². The summed E-state index contributed by atoms with van der Waals surface area (Å²) in [7, 11) is 0. The summed E-state index contributed by atoms with van der Waals surface area (Å²) in [5.41, 5.74) is 8.59. The van der Waals surface area contributed by atoms with Gasteiger partial charge in [0, 0.05) is 37.7 Å². The van der Waals surface area contributed by atoms with E-state index in [1.165, 1.54) is 12.4 Å². The number of hydrogen-bond acceptors (Lipinski definition) is 5. The van der Waals surface area contributed by atoms with Crippen molar-refractivity contribution < 1.29 is 4.79 Å². The van der Waals surface area contributed by atoms with Crippen LogP contribution in [0.3, 0.4) is 0 Å². The van der Waals surface area contributed by atoms with Crippen LogP contribution < -0.4 is 16.0 Å². The normalized spacial score (nSPS) is 16.7. The number of hydrogen-bond donors (Lipinski definition) is 3. The number of nitrogens with zero attached hydrogens (tertiary/aromatic N) is 3. The molecule has 0 bridgehead atoms. The lowest BCUT2D eigenvalue weighted by molar-refractivity contribution is 0.102. The molecular formula is C18H19Cl3N6O. The Hall–Kier alpha value is -2.06. The number of nitrogens with two attached hydrogens (primary N) is 1. The van der Waals surface area contributed by atoms with E-state index in [0.29, 0.717) is 33.5 Å². The molecule has 10 heteroatoms. The van der Waals surface area contributed by atoms with E-state index >= 15 is 0 Å². The van der Waals surface area contributed by atoms with Crippen molar-refractivity contribution in [2.45, 2.75) is 18.9 Å². The van der Waals surface area contributed by atoms with Gasteiger partial charge in [-0.1, -0.05) is 23.2 Å². The summed E-state index contributed by atoms with van der Waals surface area (Å²) in [6, 6.07) is 1.65. The number of H-pyrrole nitrogens is 1. The number of piperidine rings is 1. The average molecular weight is 442 g/mol. The summed E-state index contributed by atoms with van der Waals surface area (Å²) in [5, 5.41) is 4.59. The van der Waals surface area contributed by atoms with Crippen LogP contribution in [-0.4, -0.2) is 40.0 Å². The van der Waals surface area contributed by atoms with Gasteiger partial charge in [0.2, 0.25) is 0 Å². The molecule has 0 saturated carbocycles. The van der Waals surface area contributed by atoms with Crippen molar-refractivity contribution in [3.05, 3.63) is 46.5 Å². The van der Waals surface area contributed by atoms with Crippen LogP contribution in [0.25, 0.3) is 11.0 Å². The number of halogens is 3. The number of fused-ring (bicyclic) bond motifs is 1. The van der Waals surface area contributed by atoms with Gasteiger partial charge in [0.05, 0.1) is 38.6 Å². The van der Waals surface area contributed by atoms with E-state index in [2.05, 4.69) is 25.2 Å². The molecule has 3 aromatic rings. The van der Waals surface area contributed by atoms with Crippen LogP contribution >= 0.6 is 35.6 Å². The second-order valence-corrected chi connectivity index (χ2v) is 7.42. The molecule has 1 aliphatic heterocycles. The lowest BCUT2D eigenvalue weighted by atomic mass is 10.1. The maximum absolute atomic E-state index is 12.6. The van der Waals surface area contributed by atoms with Crippen LogP contribution in [0.15, 0.2) is 30.9 Å². The Morgan fingerprint density at radius 3 is 2.89 bits per heavy atom. The zero-order chi connectivity index (χ0) is 19.0. The highest BCUT2D eigenvalue weighted by molar-refractivity contribution is 6.35. The molecule has 1 amide bonds. The number of pyridine rings is 2. The quantitative estimate of drug-likeness (QED) is 0.573. The summed E-state index contributed by atoms with van der Waals surface area (Å²) in [6.07, 6.45) is 8.24. The fourth-order valence-electron chi connectivity index (χ4n) is 3.41. The Balaban J connectivity index is 0.00000225. The fourth-order valence-corrected chi connectivity index (χ4v) is 3.84. The minimum atomic E-state index is -0.313. The van der Waals surface area contributed by atoms with Gasteiger partial charge in [-0.25, -0.2) is 4.98 Å². The first-order valence-electron chi connectivity index (χ1n) is 8.61. The molecule has 1 unspecified atom stereocenters. The SMILES string of the molecule is Cl.NC1CCCN(c2c(Cl)cnc3[nH]cc(NC(=O)c4cncc(Cl)c4)c23)C1. The highest BCUT2D eigenvalue weighted by Crippen LogP contribution is 2.38. The molecule has 0 spiro atoms. The van der Waals surface area contributed by atoms with Crippen LogP contribution in [0.5, 0.6) is 0 Å². The van der Waals surface area contributed by atoms with Crippen LogP contribution in [0.4, 0.5) is 11.4 Å². The topological polar surface area (TPSA) is 99.9 Å². The first kappa shape index (κ1) is 20.7. The predicted octanol–water partition coefficient (Wildman–Crippen LogP) is 3.87. The Bertz CT molecular complexity index is 1010. The molecule has 0 aromatic carbocycles. The van der Waals surface area contributed by atoms with E-state index in [0.717, 1.165) is 30.5 Å². The first-order chi connectivity index (χ1) is 13.0. The van der Waals surface area contributed by atoms with Crippen molar-refractivity contribution in [3.8, 4) is 0 Å². The zero-order valence-corrected chi connectivity index (χ0v) is 17.1. The third kappa shape index (κ3) is 4.03. The molecule has 4 rings (SSSR count). The monoisotopic (exact) mass is 440 g/mol. The number of carbonyl (C=O) groups is 1. The zero-order valence-electron chi connectivity index (χ0n) is 14.8. The second-order valence-electron chi connectivity index (χ2n) is 6.57. The van der Waals surface area contributed by atoms with Gasteiger partial charge in [-0.15, -0.1) is 12.4 Å². The van der Waals surface area contributed by atoms with Gasteiger partial charge in [0.25, 0.3) is 5.91 Å². The maximum atomic E-state index is 12.6. The van der Waals surface area contributed by atoms with Gasteiger partial charge in [0.15, 0.2) is 0 Å². The minimum Gasteiger partial charge on any atom is -0.368 e. The Labute approximate surface area is 178 Å². The van der Waals surface area contributed by atoms with E-state index in [1.807, 2.05) is 0 Å². The van der Waals surface area contributed by atoms with Gasteiger partial charge >= 0.3 is 0 Å². The Morgan fingerprint density at radius 1 is 1.32 bits per heavy atom. The third-order valence-electron chi connectivity index (χ3n) is 4.62. The summed E-state index contributed by atoms with van der Waals surface area (Å²) in [5.74, 6) is -0.313. The molecule has 0 radical (unpaired) electrons. The van der Waals surface area contributed by atoms with Crippen molar-refractivity contribution in [1.29, 1.82) is 0 Å². The molecule has 1 saturated heterocycles. The number of anilines is 2. The van der Waals surface area contributed by atoms with E-state index < -0.39 is 0 Å². The lowest BCUT2D eigenvalue weighted by Gasteiger charge is -2.33. The van der Waals surface area contributed by atoms with Crippen molar-refractivity contribution in [1.82, 2.24) is 15.0 Å². The molecule has 7 nitrogen and oxygen atoms in total. The summed E-state index contributed by atoms with van der Waals surface area (Å²) < 4.78 is 0. The number of carbonyl (C=O) groups excluding carboxylic acids is 1. The van der Waals surface area contributed by atoms with Crippen molar-refractivity contribution in [3.63, 3.8) is 0 Å². The molecular weight excluding hydrogens is 423 g/mol. The van der Waals surface area contributed by atoms with Crippen molar-refractivity contribution in [2.75, 3.05) is 23.3 Å². The molecule has 28 heavy (non-hydrogen) atoms. The Morgan fingerprint density at radius 2 is 2.14 bits per heavy atom. The maximum Gasteiger partial charge on any atom is 0.257 e. The van der Waals surface area contributed by atoms with E-state index in [4.69, 9.17) is 28.9 Å². The molecule has 4 N–H and O–H groups in total. The molecule has 148 valence electrons. The van der Waals surface area contributed by atoms with E-state index in [1.54, 1.807) is 18.5 Å². The minimum absolute atomic E-state index is 0. The number of amides is 1. The fraction of sp³-hybridized carbons (Fsp3) is 0.278. The second kappa shape index (κ2) is 8.53. The predicted molar refractivity (Wildman–Crippen MR) is 115 cm³/mol. The van der Waals surface area contributed by atoms with Gasteiger partial charge < -0.3 is 20.9 Å². The Kier molecular flexibility index (Phi) is 6.30. The standard InChI is InChI=1S/C18H18Cl2N6O.ClH/c19-11-4-10(5-22-6-11)18(27)25-14-8-24-17-15(14)16(13(20)7-23-17)26-3-1-2-12(21)9-26;/h4-8,12H,1-3,9,21H2,(H,23,24)(H,25,27);1H. The molecule has 0 aliphatic carbocycles. The summed E-state index contributed by atoms with van der Waals surface area (Å²) in [6.45, 7) is 1.55. The number of nitrogens with one attached hydrogen (secondary N) is 2. The van der Waals surface area contributed by atoms with Crippen LogP contribution in [-0.2, 0) is 0 Å². The van der Waals surface area contributed by atoms with Crippen LogP contribution in [0, 0.1) is 0 Å². The van der Waals surface area contributed by atoms with Gasteiger partial charge in [-0.2, -0.15) is 0 Å². The number of aromatic amines is 1. The van der Waals surface area contributed by atoms with Gasteiger partial charge in [-0.3, -0.25) is 9.78 Å². The molecule has 1 atom stereocenters. The molecule has 1 aliphatic rings. The summed E-state index contributed by atoms with van der Waals surface area (Å²) >= 11 is 12.4. The van der Waals surface area contributed by atoms with Crippen LogP contribution in [0.1, 0.15) is 23.2 Å². The van der Waals surface area contributed by atoms with E-state index in [9.17, 15) is 4.79 Å². The van der Waals surface area contributed by atoms with Crippen LogP contribution in [0.2, 0.25) is 10.0 Å². The van der Waals surface area contributed by atoms with Gasteiger partial charge in [0.1, 0.15) is 5.65 Å². The number of aromatic nitrogens is 3. The molecule has 3 aromatic heterocycles. The van der Waals surface area contributed by atoms with E-state index in [-0.39, 0.29) is 24.4 Å². The summed E-state index contributed by atoms with van der Waals surface area (Å²) in [4.78, 5) is 26.2. The highest BCUT2D eigenvalue weighted by Gasteiger charge is 2.24. The van der Waals surface area contributed by atoms with Crippen molar-refractivity contribution in [2.24, 2.45) is 5.73 Å². The van der Waals surface area contributed by atoms with Crippen molar-refractivity contribution >= 4 is 63.9 Å². The average Bonchev–Trinajstić information content (AvgIpc) is 3.04. The molecule has 1 fully saturated rings. The first-order valence-corrected chi connectivity index (χ1v) is 9.36. The third-order valence-corrected chi connectivity index (χ3v) is 5.10. The number of rotatable bonds is 3.